The average Bonchev–Trinajstić information content (AvgIpc) is 3.42. The maximum absolute atomic E-state index is 2.78. The quantitative estimate of drug-likeness (QED) is 0.242. The summed E-state index contributed by atoms with van der Waals surface area (Å²) in [6.07, 6.45) is 27.7. The highest BCUT2D eigenvalue weighted by atomic mass is 15.2. The molecule has 9 rings (SSSR count). The van der Waals surface area contributed by atoms with E-state index in [2.05, 4.69) is 126 Å². The Balaban J connectivity index is 1.05. The zero-order valence-corrected chi connectivity index (χ0v) is 24.8. The van der Waals surface area contributed by atoms with Crippen molar-refractivity contribution >= 4 is 28.6 Å². The summed E-state index contributed by atoms with van der Waals surface area (Å²) < 4.78 is 0. The number of anilines is 1. The Labute approximate surface area is 255 Å². The third kappa shape index (κ3) is 4.12. The van der Waals surface area contributed by atoms with Gasteiger partial charge in [-0.1, -0.05) is 109 Å². The molecule has 4 aliphatic carbocycles. The van der Waals surface area contributed by atoms with Gasteiger partial charge in [-0.3, -0.25) is 0 Å². The molecule has 5 unspecified atom stereocenters. The van der Waals surface area contributed by atoms with Gasteiger partial charge in [0.2, 0.25) is 0 Å². The Morgan fingerprint density at radius 1 is 0.651 bits per heavy atom. The molecule has 1 saturated heterocycles. The van der Waals surface area contributed by atoms with Crippen LogP contribution in [0.25, 0.3) is 34.1 Å². The minimum absolute atomic E-state index is 0.452. The van der Waals surface area contributed by atoms with E-state index in [0.717, 1.165) is 0 Å². The van der Waals surface area contributed by atoms with E-state index in [-0.39, 0.29) is 0 Å². The first-order chi connectivity index (χ1) is 21.3. The topological polar surface area (TPSA) is 3.24 Å². The summed E-state index contributed by atoms with van der Waals surface area (Å²) in [6, 6.07) is 28.7. The van der Waals surface area contributed by atoms with Crippen LogP contribution in [0.1, 0.15) is 65.8 Å². The number of rotatable bonds is 3. The van der Waals surface area contributed by atoms with E-state index in [1.165, 1.54) is 83.7 Å². The van der Waals surface area contributed by atoms with Crippen molar-refractivity contribution in [2.45, 2.75) is 62.9 Å². The molecule has 0 bridgehead atoms. The second-order valence-corrected chi connectivity index (χ2v) is 13.4. The summed E-state index contributed by atoms with van der Waals surface area (Å²) in [7, 11) is 0. The van der Waals surface area contributed by atoms with Crippen molar-refractivity contribution < 1.29 is 0 Å². The van der Waals surface area contributed by atoms with Crippen LogP contribution in [-0.4, -0.2) is 12.1 Å². The molecule has 2 fully saturated rings. The fourth-order valence-corrected chi connectivity index (χ4v) is 9.31. The molecule has 0 N–H and O–H groups in total. The minimum Gasteiger partial charge on any atom is -0.361 e. The van der Waals surface area contributed by atoms with E-state index in [1.54, 1.807) is 16.7 Å². The first kappa shape index (κ1) is 25.4. The first-order valence-corrected chi connectivity index (χ1v) is 16.6. The molecule has 0 aromatic heterocycles. The highest BCUT2D eigenvalue weighted by Gasteiger charge is 2.49. The van der Waals surface area contributed by atoms with Gasteiger partial charge < -0.3 is 4.90 Å². The van der Waals surface area contributed by atoms with E-state index in [4.69, 9.17) is 0 Å². The molecule has 1 saturated carbocycles. The lowest BCUT2D eigenvalue weighted by molar-refractivity contribution is 0.277. The Morgan fingerprint density at radius 2 is 1.37 bits per heavy atom. The summed E-state index contributed by atoms with van der Waals surface area (Å²) in [6.45, 7) is 0. The highest BCUT2D eigenvalue weighted by Crippen LogP contribution is 2.52. The Kier molecular flexibility index (Phi) is 6.06. The van der Waals surface area contributed by atoms with Gasteiger partial charge in [-0.2, -0.15) is 0 Å². The smallest absolute Gasteiger partial charge is 0.0545 e. The zero-order chi connectivity index (χ0) is 28.3. The molecule has 1 heteroatoms. The SMILES string of the molecule is C1=CC2C3CC(c4ccc5c6c(c7c(c5c4)C=CCC7)CCC=C6)CCC3N(c3ccc(-c4ccccc4)cc3)C2C=C1. The van der Waals surface area contributed by atoms with Gasteiger partial charge >= 0.3 is 0 Å². The lowest BCUT2D eigenvalue weighted by atomic mass is 9.70. The molecule has 5 aliphatic rings. The molecule has 1 heterocycles. The molecule has 5 atom stereocenters. The van der Waals surface area contributed by atoms with Crippen LogP contribution in [0.2, 0.25) is 0 Å². The molecule has 4 aromatic rings. The lowest BCUT2D eigenvalue weighted by Crippen LogP contribution is -2.39. The van der Waals surface area contributed by atoms with Gasteiger partial charge in [0.1, 0.15) is 0 Å². The van der Waals surface area contributed by atoms with Crippen LogP contribution in [0.5, 0.6) is 0 Å². The molecule has 1 nitrogen and oxygen atoms in total. The molecule has 4 aromatic carbocycles. The molecule has 1 aliphatic heterocycles. The van der Waals surface area contributed by atoms with Crippen LogP contribution in [0.15, 0.2) is 109 Å². The second-order valence-electron chi connectivity index (χ2n) is 13.4. The van der Waals surface area contributed by atoms with E-state index in [1.807, 2.05) is 0 Å². The Bertz CT molecular complexity index is 1820. The second kappa shape index (κ2) is 10.3. The van der Waals surface area contributed by atoms with Crippen LogP contribution < -0.4 is 4.90 Å². The minimum atomic E-state index is 0.452. The standard InChI is InChI=1S/C42H39N/c1-2-10-28(11-3-1)29-18-22-32(23-19-29)43-41-17-9-8-16-38(41)40-27-31(21-25-42(40)43)30-20-24-37-35-14-5-4-12-33(35)34-13-6-7-15-36(34)39(37)26-30/h1-3,5,7-11,14-20,22-24,26,31,38,40-42H,4,6,12-13,21,25,27H2. The maximum atomic E-state index is 2.78. The lowest BCUT2D eigenvalue weighted by Gasteiger charge is -2.38. The van der Waals surface area contributed by atoms with Gasteiger partial charge in [0.15, 0.2) is 0 Å². The van der Waals surface area contributed by atoms with E-state index in [9.17, 15) is 0 Å². The van der Waals surface area contributed by atoms with Crippen molar-refractivity contribution in [1.29, 1.82) is 0 Å². The molecule has 0 radical (unpaired) electrons. The fourth-order valence-electron chi connectivity index (χ4n) is 9.31. The average molecular weight is 558 g/mol. The predicted octanol–water partition coefficient (Wildman–Crippen LogP) is 10.3. The monoisotopic (exact) mass is 557 g/mol. The van der Waals surface area contributed by atoms with E-state index in [0.29, 0.717) is 29.8 Å². The molecule has 43 heavy (non-hydrogen) atoms. The van der Waals surface area contributed by atoms with E-state index < -0.39 is 0 Å². The largest absolute Gasteiger partial charge is 0.361 e. The number of nitrogens with zero attached hydrogens (tertiary/aromatic N) is 1. The van der Waals surface area contributed by atoms with Gasteiger partial charge in [-0.25, -0.2) is 0 Å². The number of benzene rings is 4. The Hall–Kier alpha value is -4.10. The van der Waals surface area contributed by atoms with Crippen molar-refractivity contribution in [3.05, 3.63) is 137 Å². The summed E-state index contributed by atoms with van der Waals surface area (Å²) in [5, 5.41) is 2.95. The molecule has 212 valence electrons. The normalized spacial score (nSPS) is 26.7. The van der Waals surface area contributed by atoms with Gasteiger partial charge in [0.05, 0.1) is 6.04 Å². The number of allylic oxidation sites excluding steroid dienone is 4. The third-order valence-electron chi connectivity index (χ3n) is 11.3. The van der Waals surface area contributed by atoms with Crippen molar-refractivity contribution in [3.63, 3.8) is 0 Å². The van der Waals surface area contributed by atoms with Crippen LogP contribution in [0, 0.1) is 11.8 Å². The fraction of sp³-hybridized carbons (Fsp3) is 0.286. The van der Waals surface area contributed by atoms with Gasteiger partial charge in [-0.15, -0.1) is 0 Å². The van der Waals surface area contributed by atoms with Crippen LogP contribution in [-0.2, 0) is 12.8 Å². The predicted molar refractivity (Wildman–Crippen MR) is 182 cm³/mol. The van der Waals surface area contributed by atoms with Crippen LogP contribution in [0.3, 0.4) is 0 Å². The van der Waals surface area contributed by atoms with Crippen molar-refractivity contribution in [3.8, 4) is 11.1 Å². The van der Waals surface area contributed by atoms with Gasteiger partial charge in [0.25, 0.3) is 0 Å². The molecular formula is C42H39N. The maximum Gasteiger partial charge on any atom is 0.0545 e. The van der Waals surface area contributed by atoms with Gasteiger partial charge in [-0.05, 0) is 119 Å². The summed E-state index contributed by atoms with van der Waals surface area (Å²) >= 11 is 0. The molecular weight excluding hydrogens is 518 g/mol. The zero-order valence-electron chi connectivity index (χ0n) is 24.8. The van der Waals surface area contributed by atoms with Crippen LogP contribution >= 0.6 is 0 Å². The molecule has 0 amide bonds. The third-order valence-corrected chi connectivity index (χ3v) is 11.3. The van der Waals surface area contributed by atoms with E-state index >= 15 is 0 Å². The first-order valence-electron chi connectivity index (χ1n) is 16.6. The number of hydrogen-bond donors (Lipinski definition) is 0. The number of fused-ring (bicyclic) bond motifs is 9. The summed E-state index contributed by atoms with van der Waals surface area (Å²) in [5.41, 5.74) is 11.8. The van der Waals surface area contributed by atoms with Crippen molar-refractivity contribution in [1.82, 2.24) is 0 Å². The van der Waals surface area contributed by atoms with Crippen LogP contribution in [0.4, 0.5) is 5.69 Å². The Morgan fingerprint density at radius 3 is 2.16 bits per heavy atom. The molecule has 0 spiro atoms. The van der Waals surface area contributed by atoms with Crippen molar-refractivity contribution in [2.24, 2.45) is 11.8 Å². The van der Waals surface area contributed by atoms with Gasteiger partial charge in [0, 0.05) is 17.6 Å². The van der Waals surface area contributed by atoms with Crippen molar-refractivity contribution in [2.75, 3.05) is 4.90 Å². The summed E-state index contributed by atoms with van der Waals surface area (Å²) in [5.74, 6) is 1.88. The summed E-state index contributed by atoms with van der Waals surface area (Å²) in [4.78, 5) is 2.78. The number of hydrogen-bond acceptors (Lipinski definition) is 1. The highest BCUT2D eigenvalue weighted by molar-refractivity contribution is 6.00.